The molecule has 0 bridgehead atoms. The van der Waals surface area contributed by atoms with E-state index in [2.05, 4.69) is 12.1 Å². The first-order valence-corrected chi connectivity index (χ1v) is 11.4. The molecule has 4 aromatic rings. The Morgan fingerprint density at radius 3 is 1.94 bits per heavy atom. The SMILES string of the molecule is CN1C(=O)[C@@]2(Oc3ccccc31)ON(c1ccccc1)[C@H](c1ccccc1)[C@@H]2c1ccccc1. The Balaban J connectivity index is 1.60. The summed E-state index contributed by atoms with van der Waals surface area (Å²) in [5.74, 6) is -1.62. The van der Waals surface area contributed by atoms with Crippen LogP contribution in [0.5, 0.6) is 5.75 Å². The van der Waals surface area contributed by atoms with Crippen molar-refractivity contribution in [2.75, 3.05) is 17.0 Å². The minimum atomic E-state index is -1.57. The first-order valence-electron chi connectivity index (χ1n) is 11.4. The summed E-state index contributed by atoms with van der Waals surface area (Å²) in [4.78, 5) is 22.4. The molecule has 0 aromatic heterocycles. The smallest absolute Gasteiger partial charge is 0.322 e. The number of carbonyl (C=O) groups is 1. The van der Waals surface area contributed by atoms with Gasteiger partial charge in [0, 0.05) is 7.05 Å². The maximum Gasteiger partial charge on any atom is 0.322 e. The van der Waals surface area contributed by atoms with Gasteiger partial charge in [0.25, 0.3) is 0 Å². The van der Waals surface area contributed by atoms with Gasteiger partial charge in [-0.15, -0.1) is 0 Å². The molecular formula is C29H24N2O3. The molecule has 0 radical (unpaired) electrons. The lowest BCUT2D eigenvalue weighted by atomic mass is 9.80. The van der Waals surface area contributed by atoms with Crippen molar-refractivity contribution in [1.82, 2.24) is 0 Å². The predicted molar refractivity (Wildman–Crippen MR) is 132 cm³/mol. The van der Waals surface area contributed by atoms with E-state index in [0.29, 0.717) is 5.75 Å². The van der Waals surface area contributed by atoms with Crippen LogP contribution in [0.15, 0.2) is 115 Å². The number of hydrogen-bond acceptors (Lipinski definition) is 4. The Labute approximate surface area is 198 Å². The highest BCUT2D eigenvalue weighted by Gasteiger charge is 2.65. The van der Waals surface area contributed by atoms with Crippen molar-refractivity contribution in [1.29, 1.82) is 0 Å². The fourth-order valence-corrected chi connectivity index (χ4v) is 5.06. The number of amides is 1. The van der Waals surface area contributed by atoms with Gasteiger partial charge >= 0.3 is 11.7 Å². The van der Waals surface area contributed by atoms with Crippen LogP contribution in [-0.2, 0) is 9.63 Å². The highest BCUT2D eigenvalue weighted by Crippen LogP contribution is 2.56. The molecule has 34 heavy (non-hydrogen) atoms. The molecule has 1 fully saturated rings. The summed E-state index contributed by atoms with van der Waals surface area (Å²) in [5.41, 5.74) is 3.58. The van der Waals surface area contributed by atoms with Gasteiger partial charge in [-0.2, -0.15) is 0 Å². The number of hydrogen-bond donors (Lipinski definition) is 0. The number of ether oxygens (including phenoxy) is 1. The number of nitrogens with zero attached hydrogens (tertiary/aromatic N) is 2. The second kappa shape index (κ2) is 8.04. The number of rotatable bonds is 3. The molecule has 1 saturated heterocycles. The van der Waals surface area contributed by atoms with Crippen LogP contribution in [0.25, 0.3) is 0 Å². The average molecular weight is 449 g/mol. The lowest BCUT2D eigenvalue weighted by molar-refractivity contribution is -0.186. The summed E-state index contributed by atoms with van der Waals surface area (Å²) < 4.78 is 6.58. The third-order valence-electron chi connectivity index (χ3n) is 6.61. The van der Waals surface area contributed by atoms with E-state index in [0.717, 1.165) is 22.5 Å². The van der Waals surface area contributed by atoms with Gasteiger partial charge in [-0.1, -0.05) is 91.0 Å². The second-order valence-electron chi connectivity index (χ2n) is 8.60. The summed E-state index contributed by atoms with van der Waals surface area (Å²) in [6.45, 7) is 0. The molecule has 2 aliphatic rings. The molecule has 168 valence electrons. The van der Waals surface area contributed by atoms with E-state index in [1.54, 1.807) is 11.9 Å². The van der Waals surface area contributed by atoms with Crippen molar-refractivity contribution in [3.63, 3.8) is 0 Å². The Bertz CT molecular complexity index is 1310. The van der Waals surface area contributed by atoms with Gasteiger partial charge in [-0.3, -0.25) is 4.79 Å². The Morgan fingerprint density at radius 1 is 0.706 bits per heavy atom. The lowest BCUT2D eigenvalue weighted by Crippen LogP contribution is -2.58. The van der Waals surface area contributed by atoms with Crippen LogP contribution < -0.4 is 14.7 Å². The molecule has 0 unspecified atom stereocenters. The van der Waals surface area contributed by atoms with E-state index in [-0.39, 0.29) is 11.9 Å². The van der Waals surface area contributed by atoms with Gasteiger partial charge in [0.2, 0.25) is 0 Å². The van der Waals surface area contributed by atoms with E-state index < -0.39 is 11.7 Å². The quantitative estimate of drug-likeness (QED) is 0.402. The molecule has 1 spiro atoms. The van der Waals surface area contributed by atoms with E-state index in [9.17, 15) is 4.79 Å². The van der Waals surface area contributed by atoms with Crippen LogP contribution >= 0.6 is 0 Å². The van der Waals surface area contributed by atoms with E-state index >= 15 is 0 Å². The molecule has 0 N–H and O–H groups in total. The fraction of sp³-hybridized carbons (Fsp3) is 0.138. The zero-order valence-electron chi connectivity index (χ0n) is 18.7. The predicted octanol–water partition coefficient (Wildman–Crippen LogP) is 5.72. The maximum absolute atomic E-state index is 14.1. The highest BCUT2D eigenvalue weighted by atomic mass is 16.8. The lowest BCUT2D eigenvalue weighted by Gasteiger charge is -2.40. The second-order valence-corrected chi connectivity index (χ2v) is 8.60. The van der Waals surface area contributed by atoms with Gasteiger partial charge in [-0.05, 0) is 35.4 Å². The number of hydroxylamine groups is 1. The number of anilines is 2. The fourth-order valence-electron chi connectivity index (χ4n) is 5.06. The molecule has 4 aromatic carbocycles. The van der Waals surface area contributed by atoms with Crippen molar-refractivity contribution in [3.8, 4) is 5.75 Å². The average Bonchev–Trinajstić information content (AvgIpc) is 3.24. The molecule has 5 heteroatoms. The van der Waals surface area contributed by atoms with Crippen LogP contribution in [0.1, 0.15) is 23.1 Å². The molecule has 5 nitrogen and oxygen atoms in total. The Morgan fingerprint density at radius 2 is 1.26 bits per heavy atom. The maximum atomic E-state index is 14.1. The zero-order valence-corrected chi connectivity index (χ0v) is 18.7. The number of fused-ring (bicyclic) bond motifs is 1. The first-order chi connectivity index (χ1) is 16.7. The van der Waals surface area contributed by atoms with E-state index in [4.69, 9.17) is 9.57 Å². The molecule has 0 saturated carbocycles. The summed E-state index contributed by atoms with van der Waals surface area (Å²) in [6, 6.07) is 37.3. The van der Waals surface area contributed by atoms with Crippen LogP contribution in [-0.4, -0.2) is 18.7 Å². The van der Waals surface area contributed by atoms with Crippen LogP contribution in [0, 0.1) is 0 Å². The minimum absolute atomic E-state index is 0.237. The van der Waals surface area contributed by atoms with Crippen molar-refractivity contribution in [3.05, 3.63) is 126 Å². The van der Waals surface area contributed by atoms with Crippen molar-refractivity contribution >= 4 is 17.3 Å². The minimum Gasteiger partial charge on any atom is -0.449 e. The third-order valence-corrected chi connectivity index (χ3v) is 6.61. The van der Waals surface area contributed by atoms with E-state index in [1.165, 1.54) is 0 Å². The summed E-state index contributed by atoms with van der Waals surface area (Å²) >= 11 is 0. The summed E-state index contributed by atoms with van der Waals surface area (Å²) in [6.07, 6.45) is 0. The topological polar surface area (TPSA) is 42.0 Å². The molecule has 0 aliphatic carbocycles. The normalized spacial score (nSPS) is 23.6. The van der Waals surface area contributed by atoms with Gasteiger partial charge in [-0.25, -0.2) is 9.90 Å². The van der Waals surface area contributed by atoms with Gasteiger partial charge in [0.1, 0.15) is 5.75 Å². The van der Waals surface area contributed by atoms with E-state index in [1.807, 2.05) is 108 Å². The molecular weight excluding hydrogens is 424 g/mol. The first kappa shape index (κ1) is 20.5. The molecule has 2 heterocycles. The van der Waals surface area contributed by atoms with Gasteiger partial charge in [0.15, 0.2) is 0 Å². The summed E-state index contributed by atoms with van der Waals surface area (Å²) in [5, 5.41) is 1.84. The number of para-hydroxylation sites is 3. The number of benzene rings is 4. The zero-order chi connectivity index (χ0) is 23.1. The monoisotopic (exact) mass is 448 g/mol. The van der Waals surface area contributed by atoms with Crippen molar-refractivity contribution < 1.29 is 14.4 Å². The van der Waals surface area contributed by atoms with Gasteiger partial charge < -0.3 is 9.64 Å². The molecule has 1 amide bonds. The largest absolute Gasteiger partial charge is 0.449 e. The number of carbonyl (C=O) groups excluding carboxylic acids is 1. The molecule has 3 atom stereocenters. The van der Waals surface area contributed by atoms with Crippen LogP contribution in [0.4, 0.5) is 11.4 Å². The van der Waals surface area contributed by atoms with Crippen LogP contribution in [0.3, 0.4) is 0 Å². The van der Waals surface area contributed by atoms with Crippen molar-refractivity contribution in [2.24, 2.45) is 0 Å². The van der Waals surface area contributed by atoms with Crippen LogP contribution in [0.2, 0.25) is 0 Å². The number of likely N-dealkylation sites (N-methyl/N-ethyl adjacent to an activating group) is 1. The van der Waals surface area contributed by atoms with Gasteiger partial charge in [0.05, 0.1) is 23.3 Å². The molecule has 2 aliphatic heterocycles. The molecule has 6 rings (SSSR count). The Hall–Kier alpha value is -4.09. The third kappa shape index (κ3) is 3.09. The standard InChI is InChI=1S/C29H24N2O3/c1-30-24-19-11-12-20-25(24)33-29(28(30)32)26(21-13-5-2-6-14-21)27(22-15-7-3-8-16-22)31(34-29)23-17-9-4-10-18-23/h2-20,26-27H,1H3/t26-,27+,29-/m0/s1. The van der Waals surface area contributed by atoms with Crippen molar-refractivity contribution in [2.45, 2.75) is 17.7 Å². The summed E-state index contributed by atoms with van der Waals surface area (Å²) in [7, 11) is 1.78. The highest BCUT2D eigenvalue weighted by molar-refractivity contribution is 6.02. The Kier molecular flexibility index (Phi) is 4.85.